The number of para-hydroxylation sites is 2. The van der Waals surface area contributed by atoms with Crippen molar-refractivity contribution in [3.8, 4) is 27.9 Å². The first kappa shape index (κ1) is 31.6. The summed E-state index contributed by atoms with van der Waals surface area (Å²) >= 11 is 0. The van der Waals surface area contributed by atoms with E-state index < -0.39 is 0 Å². The van der Waals surface area contributed by atoms with Crippen LogP contribution >= 0.6 is 0 Å². The average Bonchev–Trinajstić information content (AvgIpc) is 4.02. The standard InChI is InChI=1S/C54H34N2O2/c1-4-12-33(13-5-1)34-22-25-52-44(28-34)46-30-43-41-27-36(21-24-48(41)56(38-16-8-3-9-17-38)50(43)32-54(46)58-52)35-20-23-47-40(26-35)42-29-45-39-18-10-11-19-51(39)57-53(45)31-49(42)55(47)37-14-6-2-7-15-37/h1-14,16-32,37H,15H2. The minimum absolute atomic E-state index is 0.220. The van der Waals surface area contributed by atoms with Gasteiger partial charge in [-0.3, -0.25) is 0 Å². The smallest absolute Gasteiger partial charge is 0.137 e. The lowest BCUT2D eigenvalue weighted by Gasteiger charge is -2.18. The molecule has 58 heavy (non-hydrogen) atoms. The number of fused-ring (bicyclic) bond motifs is 12. The number of allylic oxidation sites excluding steroid dienone is 4. The van der Waals surface area contributed by atoms with Gasteiger partial charge < -0.3 is 18.0 Å². The summed E-state index contributed by atoms with van der Waals surface area (Å²) in [4.78, 5) is 0. The SMILES string of the molecule is C1=CCC(n2c3ccc(-c4ccc5c(c4)c4cc6c(cc4n5-c4ccccc4)oc4ccc(-c5ccccc5)cc46)cc3c3cc4c(cc32)oc2ccccc24)C=C1. The van der Waals surface area contributed by atoms with Crippen LogP contribution in [-0.4, -0.2) is 9.13 Å². The Labute approximate surface area is 332 Å². The summed E-state index contributed by atoms with van der Waals surface area (Å²) in [7, 11) is 0. The van der Waals surface area contributed by atoms with Crippen LogP contribution in [0.5, 0.6) is 0 Å². The van der Waals surface area contributed by atoms with Crippen molar-refractivity contribution in [3.63, 3.8) is 0 Å². The van der Waals surface area contributed by atoms with Crippen LogP contribution in [0, 0.1) is 0 Å². The van der Waals surface area contributed by atoms with Gasteiger partial charge in [0.1, 0.15) is 22.3 Å². The zero-order valence-corrected chi connectivity index (χ0v) is 31.4. The molecule has 0 saturated carbocycles. The highest BCUT2D eigenvalue weighted by Crippen LogP contribution is 2.43. The summed E-state index contributed by atoms with van der Waals surface area (Å²) in [6, 6.07) is 59.5. The summed E-state index contributed by atoms with van der Waals surface area (Å²) < 4.78 is 17.9. The number of benzene rings is 8. The van der Waals surface area contributed by atoms with Crippen molar-refractivity contribution in [2.24, 2.45) is 0 Å². The van der Waals surface area contributed by atoms with Crippen molar-refractivity contribution in [2.75, 3.05) is 0 Å². The molecular weight excluding hydrogens is 709 g/mol. The van der Waals surface area contributed by atoms with Crippen LogP contribution < -0.4 is 0 Å². The molecule has 0 spiro atoms. The zero-order chi connectivity index (χ0) is 37.9. The Balaban J connectivity index is 1.05. The molecule has 13 rings (SSSR count). The average molecular weight is 743 g/mol. The minimum atomic E-state index is 0.220. The number of nitrogens with zero attached hydrogens (tertiary/aromatic N) is 2. The third-order valence-corrected chi connectivity index (χ3v) is 12.4. The molecule has 4 nitrogen and oxygen atoms in total. The number of aromatic nitrogens is 2. The molecule has 0 bridgehead atoms. The third kappa shape index (κ3) is 4.57. The van der Waals surface area contributed by atoms with Gasteiger partial charge in [-0.05, 0) is 95.4 Å². The van der Waals surface area contributed by atoms with Crippen LogP contribution in [0.15, 0.2) is 197 Å². The van der Waals surface area contributed by atoms with Crippen molar-refractivity contribution >= 4 is 87.5 Å². The highest BCUT2D eigenvalue weighted by Gasteiger charge is 2.22. The van der Waals surface area contributed by atoms with Gasteiger partial charge in [0, 0.05) is 66.4 Å². The minimum Gasteiger partial charge on any atom is -0.456 e. The van der Waals surface area contributed by atoms with Crippen LogP contribution in [0.1, 0.15) is 12.5 Å². The molecule has 8 aromatic carbocycles. The van der Waals surface area contributed by atoms with Gasteiger partial charge in [0.05, 0.1) is 22.6 Å². The van der Waals surface area contributed by atoms with Gasteiger partial charge in [0.2, 0.25) is 0 Å². The van der Waals surface area contributed by atoms with Gasteiger partial charge in [0.15, 0.2) is 0 Å². The fraction of sp³-hybridized carbons (Fsp3) is 0.0370. The molecule has 0 amide bonds. The summed E-state index contributed by atoms with van der Waals surface area (Å²) in [5.41, 5.74) is 14.2. The van der Waals surface area contributed by atoms with Crippen LogP contribution in [0.25, 0.3) is 115 Å². The van der Waals surface area contributed by atoms with E-state index in [4.69, 9.17) is 8.83 Å². The van der Waals surface area contributed by atoms with Gasteiger partial charge in [-0.15, -0.1) is 0 Å². The van der Waals surface area contributed by atoms with E-state index in [1.165, 1.54) is 54.8 Å². The second-order valence-electron chi connectivity index (χ2n) is 15.6. The molecule has 4 heterocycles. The maximum atomic E-state index is 6.57. The van der Waals surface area contributed by atoms with E-state index in [9.17, 15) is 0 Å². The second kappa shape index (κ2) is 12.0. The fourth-order valence-electron chi connectivity index (χ4n) is 9.70. The van der Waals surface area contributed by atoms with Crippen molar-refractivity contribution in [1.82, 2.24) is 9.13 Å². The Morgan fingerprint density at radius 3 is 1.72 bits per heavy atom. The molecule has 4 heteroatoms. The van der Waals surface area contributed by atoms with Gasteiger partial charge in [-0.25, -0.2) is 0 Å². The summed E-state index contributed by atoms with van der Waals surface area (Å²) in [6.07, 6.45) is 9.84. The summed E-state index contributed by atoms with van der Waals surface area (Å²) in [6.45, 7) is 0. The van der Waals surface area contributed by atoms with Crippen molar-refractivity contribution in [1.29, 1.82) is 0 Å². The van der Waals surface area contributed by atoms with Crippen LogP contribution in [-0.2, 0) is 0 Å². The van der Waals surface area contributed by atoms with E-state index in [0.29, 0.717) is 0 Å². The first-order valence-electron chi connectivity index (χ1n) is 20.0. The lowest BCUT2D eigenvalue weighted by Crippen LogP contribution is -2.06. The topological polar surface area (TPSA) is 36.1 Å². The summed E-state index contributed by atoms with van der Waals surface area (Å²) in [5, 5.41) is 9.44. The van der Waals surface area contributed by atoms with E-state index in [-0.39, 0.29) is 6.04 Å². The Morgan fingerprint density at radius 2 is 0.948 bits per heavy atom. The molecule has 0 radical (unpaired) electrons. The van der Waals surface area contributed by atoms with E-state index in [2.05, 4.69) is 191 Å². The van der Waals surface area contributed by atoms with Crippen LogP contribution in [0.2, 0.25) is 0 Å². The quantitative estimate of drug-likeness (QED) is 0.180. The lowest BCUT2D eigenvalue weighted by atomic mass is 9.99. The molecule has 272 valence electrons. The van der Waals surface area contributed by atoms with Crippen LogP contribution in [0.3, 0.4) is 0 Å². The van der Waals surface area contributed by atoms with Gasteiger partial charge >= 0.3 is 0 Å². The first-order chi connectivity index (χ1) is 28.7. The van der Waals surface area contributed by atoms with Crippen LogP contribution in [0.4, 0.5) is 0 Å². The highest BCUT2D eigenvalue weighted by atomic mass is 16.3. The normalized spacial score (nSPS) is 14.5. The monoisotopic (exact) mass is 742 g/mol. The molecule has 1 aliphatic rings. The molecule has 12 aromatic rings. The molecule has 0 saturated heterocycles. The molecule has 1 aliphatic carbocycles. The molecule has 1 atom stereocenters. The molecule has 4 aromatic heterocycles. The maximum absolute atomic E-state index is 6.57. The first-order valence-corrected chi connectivity index (χ1v) is 20.0. The lowest BCUT2D eigenvalue weighted by molar-refractivity contribution is 0.645. The Kier molecular flexibility index (Phi) is 6.53. The Bertz CT molecular complexity index is 3700. The molecule has 0 N–H and O–H groups in total. The van der Waals surface area contributed by atoms with E-state index in [0.717, 1.165) is 67.0 Å². The Hall–Kier alpha value is -7.56. The van der Waals surface area contributed by atoms with E-state index in [1.807, 2.05) is 6.07 Å². The largest absolute Gasteiger partial charge is 0.456 e. The molecular formula is C54H34N2O2. The maximum Gasteiger partial charge on any atom is 0.137 e. The van der Waals surface area contributed by atoms with Gasteiger partial charge in [-0.1, -0.05) is 109 Å². The van der Waals surface area contributed by atoms with Gasteiger partial charge in [0.25, 0.3) is 0 Å². The third-order valence-electron chi connectivity index (χ3n) is 12.4. The molecule has 0 fully saturated rings. The Morgan fingerprint density at radius 1 is 0.379 bits per heavy atom. The van der Waals surface area contributed by atoms with Crippen molar-refractivity contribution in [2.45, 2.75) is 12.5 Å². The van der Waals surface area contributed by atoms with E-state index >= 15 is 0 Å². The second-order valence-corrected chi connectivity index (χ2v) is 15.6. The number of hydrogen-bond acceptors (Lipinski definition) is 2. The number of hydrogen-bond donors (Lipinski definition) is 0. The highest BCUT2D eigenvalue weighted by molar-refractivity contribution is 6.20. The predicted molar refractivity (Wildman–Crippen MR) is 241 cm³/mol. The molecule has 1 unspecified atom stereocenters. The van der Waals surface area contributed by atoms with E-state index in [1.54, 1.807) is 0 Å². The zero-order valence-electron chi connectivity index (χ0n) is 31.4. The predicted octanol–water partition coefficient (Wildman–Crippen LogP) is 15.1. The van der Waals surface area contributed by atoms with Crippen molar-refractivity contribution in [3.05, 3.63) is 188 Å². The summed E-state index contributed by atoms with van der Waals surface area (Å²) in [5.74, 6) is 0. The van der Waals surface area contributed by atoms with Gasteiger partial charge in [-0.2, -0.15) is 0 Å². The van der Waals surface area contributed by atoms with Crippen molar-refractivity contribution < 1.29 is 8.83 Å². The molecule has 0 aliphatic heterocycles. The fourth-order valence-corrected chi connectivity index (χ4v) is 9.70. The number of rotatable bonds is 4. The number of furan rings is 2.